The normalized spacial score (nSPS) is 20.7. The van der Waals surface area contributed by atoms with Gasteiger partial charge >= 0.3 is 0 Å². The van der Waals surface area contributed by atoms with E-state index >= 15 is 0 Å². The molecule has 3 aromatic carbocycles. The lowest BCUT2D eigenvalue weighted by Gasteiger charge is -2.37. The number of hydrogen-bond acceptors (Lipinski definition) is 5. The number of benzene rings is 3. The fourth-order valence-electron chi connectivity index (χ4n) is 4.88. The predicted octanol–water partition coefficient (Wildman–Crippen LogP) is 5.98. The molecule has 2 aliphatic rings. The second-order valence-electron chi connectivity index (χ2n) is 8.45. The van der Waals surface area contributed by atoms with E-state index < -0.39 is 10.0 Å². The number of nitrogens with one attached hydrogen (secondary N) is 2. The molecular weight excluding hydrogens is 472 g/mol. The van der Waals surface area contributed by atoms with E-state index in [-0.39, 0.29) is 22.8 Å². The van der Waals surface area contributed by atoms with Gasteiger partial charge in [0.2, 0.25) is 0 Å². The number of sulfonamides is 1. The maximum Gasteiger partial charge on any atom is 0.261 e. The number of hydrogen-bond donors (Lipinski definition) is 2. The number of methoxy groups -OCH3 is 2. The van der Waals surface area contributed by atoms with Gasteiger partial charge in [0.05, 0.1) is 30.8 Å². The van der Waals surface area contributed by atoms with Crippen molar-refractivity contribution in [1.29, 1.82) is 0 Å². The lowest BCUT2D eigenvalue weighted by atomic mass is 9.77. The highest BCUT2D eigenvalue weighted by atomic mass is 35.5. The van der Waals surface area contributed by atoms with Gasteiger partial charge < -0.3 is 14.8 Å². The quantitative estimate of drug-likeness (QED) is 0.410. The Morgan fingerprint density at radius 2 is 1.82 bits per heavy atom. The monoisotopic (exact) mass is 496 g/mol. The van der Waals surface area contributed by atoms with Gasteiger partial charge in [-0.15, -0.1) is 0 Å². The van der Waals surface area contributed by atoms with Gasteiger partial charge in [-0.1, -0.05) is 35.9 Å². The number of ether oxygens (including phenoxy) is 2. The Morgan fingerprint density at radius 1 is 1.00 bits per heavy atom. The lowest BCUT2D eigenvalue weighted by molar-refractivity contribution is 0.355. The Bertz CT molecular complexity index is 1370. The zero-order chi connectivity index (χ0) is 23.9. The van der Waals surface area contributed by atoms with Crippen LogP contribution in [-0.2, 0) is 10.0 Å². The van der Waals surface area contributed by atoms with Crippen LogP contribution < -0.4 is 19.5 Å². The highest BCUT2D eigenvalue weighted by Gasteiger charge is 2.38. The summed E-state index contributed by atoms with van der Waals surface area (Å²) in [5.74, 6) is 1.38. The highest BCUT2D eigenvalue weighted by molar-refractivity contribution is 7.92. The smallest absolute Gasteiger partial charge is 0.261 e. The van der Waals surface area contributed by atoms with E-state index in [1.807, 2.05) is 24.3 Å². The molecule has 6 nitrogen and oxygen atoms in total. The van der Waals surface area contributed by atoms with Gasteiger partial charge in [-0.25, -0.2) is 8.42 Å². The Hall–Kier alpha value is -3.16. The van der Waals surface area contributed by atoms with Crippen LogP contribution in [0.15, 0.2) is 77.7 Å². The lowest BCUT2D eigenvalue weighted by Crippen LogP contribution is -2.29. The van der Waals surface area contributed by atoms with Crippen molar-refractivity contribution in [3.63, 3.8) is 0 Å². The van der Waals surface area contributed by atoms with Crippen LogP contribution in [0.4, 0.5) is 11.4 Å². The van der Waals surface area contributed by atoms with E-state index in [4.69, 9.17) is 21.1 Å². The van der Waals surface area contributed by atoms with Crippen molar-refractivity contribution in [1.82, 2.24) is 0 Å². The van der Waals surface area contributed by atoms with E-state index in [1.165, 1.54) is 14.2 Å². The molecule has 8 heteroatoms. The topological polar surface area (TPSA) is 76.7 Å². The minimum Gasteiger partial charge on any atom is -0.493 e. The third-order valence-electron chi connectivity index (χ3n) is 6.49. The number of allylic oxidation sites excluding steroid dienone is 2. The van der Waals surface area contributed by atoms with E-state index in [2.05, 4.69) is 28.3 Å². The molecule has 5 rings (SSSR count). The third-order valence-corrected chi connectivity index (χ3v) is 8.10. The Morgan fingerprint density at radius 3 is 2.59 bits per heavy atom. The number of anilines is 2. The van der Waals surface area contributed by atoms with Gasteiger partial charge in [-0.05, 0) is 65.9 Å². The fourth-order valence-corrected chi connectivity index (χ4v) is 6.17. The molecule has 0 aromatic heterocycles. The molecule has 0 amide bonds. The van der Waals surface area contributed by atoms with Crippen molar-refractivity contribution in [2.75, 3.05) is 24.3 Å². The molecule has 0 saturated heterocycles. The van der Waals surface area contributed by atoms with Crippen LogP contribution in [-0.4, -0.2) is 22.6 Å². The summed E-state index contributed by atoms with van der Waals surface area (Å²) in [4.78, 5) is 0.211. The number of fused-ring (bicyclic) bond motifs is 3. The predicted molar refractivity (Wildman–Crippen MR) is 135 cm³/mol. The molecule has 0 fully saturated rings. The summed E-state index contributed by atoms with van der Waals surface area (Å²) >= 11 is 6.25. The van der Waals surface area contributed by atoms with Crippen molar-refractivity contribution < 1.29 is 17.9 Å². The van der Waals surface area contributed by atoms with Crippen LogP contribution in [0.25, 0.3) is 0 Å². The molecule has 1 aliphatic carbocycles. The first kappa shape index (κ1) is 22.6. The van der Waals surface area contributed by atoms with Crippen molar-refractivity contribution in [2.24, 2.45) is 5.92 Å². The Balaban J connectivity index is 1.46. The summed E-state index contributed by atoms with van der Waals surface area (Å²) in [6.45, 7) is 0. The maximum atomic E-state index is 13.2. The average Bonchev–Trinajstić information content (AvgIpc) is 3.33. The number of halogens is 1. The van der Waals surface area contributed by atoms with Crippen molar-refractivity contribution >= 4 is 33.0 Å². The van der Waals surface area contributed by atoms with Crippen molar-refractivity contribution in [3.05, 3.63) is 89.0 Å². The van der Waals surface area contributed by atoms with Gasteiger partial charge in [0.25, 0.3) is 10.0 Å². The van der Waals surface area contributed by atoms with Crippen LogP contribution in [0.3, 0.4) is 0 Å². The Labute approximate surface area is 204 Å². The highest BCUT2D eigenvalue weighted by Crippen LogP contribution is 2.50. The molecule has 2 N–H and O–H groups in total. The SMILES string of the molecule is COc1ccc(NS(=O)(=O)c2ccc3c(c2)[C@H]2C=CC[C@H]2[C@@H](c2cccc(Cl)c2)N3)cc1OC. The molecular formula is C26H25ClN2O4S. The van der Waals surface area contributed by atoms with Crippen LogP contribution in [0.5, 0.6) is 11.5 Å². The minimum atomic E-state index is -3.81. The van der Waals surface area contributed by atoms with Crippen LogP contribution in [0.1, 0.15) is 29.5 Å². The molecule has 0 radical (unpaired) electrons. The third kappa shape index (κ3) is 4.10. The van der Waals surface area contributed by atoms with E-state index in [0.29, 0.717) is 22.2 Å². The maximum absolute atomic E-state index is 13.2. The molecule has 3 atom stereocenters. The fraction of sp³-hybridized carbons (Fsp3) is 0.231. The summed E-state index contributed by atoms with van der Waals surface area (Å²) in [6, 6.07) is 18.1. The van der Waals surface area contributed by atoms with Crippen LogP contribution >= 0.6 is 11.6 Å². The van der Waals surface area contributed by atoms with E-state index in [0.717, 1.165) is 23.2 Å². The summed E-state index contributed by atoms with van der Waals surface area (Å²) in [5, 5.41) is 4.33. The summed E-state index contributed by atoms with van der Waals surface area (Å²) in [7, 11) is -0.766. The summed E-state index contributed by atoms with van der Waals surface area (Å²) < 4.78 is 39.6. The second kappa shape index (κ2) is 8.89. The van der Waals surface area contributed by atoms with Gasteiger partial charge in [-0.2, -0.15) is 0 Å². The van der Waals surface area contributed by atoms with Crippen molar-refractivity contribution in [2.45, 2.75) is 23.3 Å². The molecule has 0 bridgehead atoms. The standard InChI is InChI=1S/C26H25ClN2O4S/c1-32-24-12-9-18(14-25(24)33-2)29-34(30,31)19-10-11-23-22(15-19)20-7-4-8-21(20)26(28-23)16-5-3-6-17(27)13-16/h3-7,9-15,20-21,26,28-29H,8H2,1-2H3/t20-,21+,26+/m0/s1. The molecule has 1 heterocycles. The molecule has 34 heavy (non-hydrogen) atoms. The molecule has 176 valence electrons. The van der Waals surface area contributed by atoms with Gasteiger partial charge in [-0.3, -0.25) is 4.72 Å². The molecule has 0 saturated carbocycles. The van der Waals surface area contributed by atoms with Gasteiger partial charge in [0.15, 0.2) is 11.5 Å². The van der Waals surface area contributed by atoms with Crippen molar-refractivity contribution in [3.8, 4) is 11.5 Å². The molecule has 0 spiro atoms. The second-order valence-corrected chi connectivity index (χ2v) is 10.6. The number of rotatable bonds is 6. The molecule has 1 aliphatic heterocycles. The van der Waals surface area contributed by atoms with Gasteiger partial charge in [0.1, 0.15) is 0 Å². The first-order valence-corrected chi connectivity index (χ1v) is 12.8. The zero-order valence-corrected chi connectivity index (χ0v) is 20.4. The van der Waals surface area contributed by atoms with E-state index in [1.54, 1.807) is 30.3 Å². The van der Waals surface area contributed by atoms with Crippen LogP contribution in [0, 0.1) is 5.92 Å². The molecule has 3 aromatic rings. The largest absolute Gasteiger partial charge is 0.493 e. The van der Waals surface area contributed by atoms with Crippen LogP contribution in [0.2, 0.25) is 5.02 Å². The minimum absolute atomic E-state index is 0.0959. The first-order chi connectivity index (χ1) is 16.4. The first-order valence-electron chi connectivity index (χ1n) is 11.0. The summed E-state index contributed by atoms with van der Waals surface area (Å²) in [5.41, 5.74) is 3.44. The summed E-state index contributed by atoms with van der Waals surface area (Å²) in [6.07, 6.45) is 5.27. The average molecular weight is 497 g/mol. The molecule has 0 unspecified atom stereocenters. The zero-order valence-electron chi connectivity index (χ0n) is 18.8. The Kier molecular flexibility index (Phi) is 5.91. The van der Waals surface area contributed by atoms with Gasteiger partial charge in [0, 0.05) is 22.7 Å². The van der Waals surface area contributed by atoms with E-state index in [9.17, 15) is 8.42 Å².